The van der Waals surface area contributed by atoms with E-state index in [0.717, 1.165) is 35.7 Å². The molecule has 29 heavy (non-hydrogen) atoms. The molecule has 0 saturated carbocycles. The fraction of sp³-hybridized carbons (Fsp3) is 0.500. The van der Waals surface area contributed by atoms with E-state index in [4.69, 9.17) is 14.2 Å². The molecule has 0 aliphatic carbocycles. The minimum Gasteiger partial charge on any atom is -0.383 e. The van der Waals surface area contributed by atoms with Crippen LogP contribution in [0.15, 0.2) is 34.6 Å². The molecule has 0 unspecified atom stereocenters. The normalized spacial score (nSPS) is 11.3. The molecule has 0 aliphatic rings. The number of anilines is 1. The van der Waals surface area contributed by atoms with Gasteiger partial charge in [0.2, 0.25) is 5.13 Å². The summed E-state index contributed by atoms with van der Waals surface area (Å²) in [7, 11) is 3.32. The van der Waals surface area contributed by atoms with Crippen molar-refractivity contribution in [2.75, 3.05) is 58.6 Å². The first-order chi connectivity index (χ1) is 14.0. The molecular weight excluding hydrogens is 398 g/mol. The number of nitro groups is 1. The van der Waals surface area contributed by atoms with Crippen molar-refractivity contribution in [1.82, 2.24) is 4.98 Å². The molecule has 2 aromatic rings. The first-order valence-electron chi connectivity index (χ1n) is 8.98. The third-order valence-corrected chi connectivity index (χ3v) is 4.79. The Kier molecular flexibility index (Phi) is 9.57. The molecule has 1 aromatic heterocycles. The highest BCUT2D eigenvalue weighted by Gasteiger charge is 2.12. The first kappa shape index (κ1) is 22.8. The lowest BCUT2D eigenvalue weighted by atomic mass is 10.1. The van der Waals surface area contributed by atoms with Gasteiger partial charge in [0, 0.05) is 33.0 Å². The van der Waals surface area contributed by atoms with Crippen LogP contribution in [-0.4, -0.2) is 63.6 Å². The summed E-state index contributed by atoms with van der Waals surface area (Å²) in [6.07, 6.45) is 1.18. The number of ether oxygens (including phenoxy) is 3. The van der Waals surface area contributed by atoms with Gasteiger partial charge in [-0.05, 0) is 42.0 Å². The van der Waals surface area contributed by atoms with E-state index in [-0.39, 0.29) is 10.1 Å². The molecule has 0 spiro atoms. The molecule has 0 saturated heterocycles. The van der Waals surface area contributed by atoms with Gasteiger partial charge >= 0.3 is 5.00 Å². The van der Waals surface area contributed by atoms with Crippen molar-refractivity contribution in [2.45, 2.75) is 6.92 Å². The zero-order valence-corrected chi connectivity index (χ0v) is 17.6. The Balaban J connectivity index is 2.04. The van der Waals surface area contributed by atoms with Gasteiger partial charge in [0.15, 0.2) is 0 Å². The van der Waals surface area contributed by atoms with Crippen molar-refractivity contribution < 1.29 is 19.1 Å². The van der Waals surface area contributed by atoms with Gasteiger partial charge in [-0.25, -0.2) is 4.98 Å². The van der Waals surface area contributed by atoms with Gasteiger partial charge in [-0.1, -0.05) is 0 Å². The van der Waals surface area contributed by atoms with Crippen LogP contribution >= 0.6 is 11.3 Å². The molecule has 10 nitrogen and oxygen atoms in total. The van der Waals surface area contributed by atoms with Crippen LogP contribution in [0.25, 0.3) is 0 Å². The predicted molar refractivity (Wildman–Crippen MR) is 111 cm³/mol. The van der Waals surface area contributed by atoms with Crippen LogP contribution < -0.4 is 4.90 Å². The van der Waals surface area contributed by atoms with E-state index in [2.05, 4.69) is 20.1 Å². The number of benzene rings is 1. The number of aromatic nitrogens is 1. The molecule has 11 heteroatoms. The van der Waals surface area contributed by atoms with Crippen LogP contribution in [0.5, 0.6) is 0 Å². The Bertz CT molecular complexity index is 814. The number of azo groups is 1. The lowest BCUT2D eigenvalue weighted by Gasteiger charge is -2.25. The number of thiazole rings is 1. The van der Waals surface area contributed by atoms with Crippen molar-refractivity contribution in [1.29, 1.82) is 0 Å². The van der Waals surface area contributed by atoms with E-state index in [1.54, 1.807) is 14.2 Å². The van der Waals surface area contributed by atoms with Crippen molar-refractivity contribution in [2.24, 2.45) is 10.2 Å². The summed E-state index contributed by atoms with van der Waals surface area (Å²) in [6.45, 7) is 5.69. The highest BCUT2D eigenvalue weighted by Crippen LogP contribution is 2.30. The molecule has 0 atom stereocenters. The quantitative estimate of drug-likeness (QED) is 0.208. The lowest BCUT2D eigenvalue weighted by Crippen LogP contribution is -2.31. The highest BCUT2D eigenvalue weighted by molar-refractivity contribution is 7.18. The van der Waals surface area contributed by atoms with Gasteiger partial charge < -0.3 is 19.1 Å². The van der Waals surface area contributed by atoms with Crippen molar-refractivity contribution in [3.8, 4) is 0 Å². The van der Waals surface area contributed by atoms with E-state index in [1.165, 1.54) is 6.20 Å². The number of rotatable bonds is 13. The van der Waals surface area contributed by atoms with Crippen LogP contribution in [-0.2, 0) is 14.2 Å². The van der Waals surface area contributed by atoms with Crippen LogP contribution in [0, 0.1) is 17.0 Å². The minimum absolute atomic E-state index is 0.0625. The standard InChI is InChI=1S/C18H25N5O5S/c1-14-12-15(22(6-8-26-2)7-9-28-11-10-27-3)4-5-16(14)20-21-18-19-13-17(29-18)23(24)25/h4-5,12-13H,6-11H2,1-3H3/b21-20+. The average Bonchev–Trinajstić information content (AvgIpc) is 3.18. The van der Waals surface area contributed by atoms with Crippen molar-refractivity contribution in [3.63, 3.8) is 0 Å². The molecule has 0 radical (unpaired) electrons. The zero-order chi connectivity index (χ0) is 21.1. The Morgan fingerprint density at radius 2 is 1.90 bits per heavy atom. The molecule has 0 N–H and O–H groups in total. The number of aryl methyl sites for hydroxylation is 1. The summed E-state index contributed by atoms with van der Waals surface area (Å²) >= 11 is 0.882. The Morgan fingerprint density at radius 1 is 1.14 bits per heavy atom. The maximum atomic E-state index is 10.7. The minimum atomic E-state index is -0.496. The molecule has 1 aromatic carbocycles. The van der Waals surface area contributed by atoms with Gasteiger partial charge in [0.05, 0.1) is 37.0 Å². The van der Waals surface area contributed by atoms with E-state index >= 15 is 0 Å². The summed E-state index contributed by atoms with van der Waals surface area (Å²) in [5.74, 6) is 0. The Morgan fingerprint density at radius 3 is 2.55 bits per heavy atom. The third kappa shape index (κ3) is 7.46. The maximum Gasteiger partial charge on any atom is 0.345 e. The van der Waals surface area contributed by atoms with E-state index in [9.17, 15) is 10.1 Å². The summed E-state index contributed by atoms with van der Waals surface area (Å²) < 4.78 is 15.8. The average molecular weight is 423 g/mol. The van der Waals surface area contributed by atoms with E-state index < -0.39 is 4.92 Å². The monoisotopic (exact) mass is 423 g/mol. The zero-order valence-electron chi connectivity index (χ0n) is 16.7. The van der Waals surface area contributed by atoms with Crippen molar-refractivity contribution >= 4 is 32.8 Å². The lowest BCUT2D eigenvalue weighted by molar-refractivity contribution is -0.380. The van der Waals surface area contributed by atoms with Crippen LogP contribution in [0.1, 0.15) is 5.56 Å². The van der Waals surface area contributed by atoms with Gasteiger partial charge in [-0.15, -0.1) is 10.2 Å². The van der Waals surface area contributed by atoms with Crippen LogP contribution in [0.2, 0.25) is 0 Å². The topological polar surface area (TPSA) is 112 Å². The summed E-state index contributed by atoms with van der Waals surface area (Å²) in [5, 5.41) is 19.1. The molecule has 0 fully saturated rings. The van der Waals surface area contributed by atoms with Gasteiger partial charge in [-0.2, -0.15) is 0 Å². The molecule has 158 valence electrons. The number of methoxy groups -OCH3 is 2. The predicted octanol–water partition coefficient (Wildman–Crippen LogP) is 3.89. The highest BCUT2D eigenvalue weighted by atomic mass is 32.1. The Labute approximate surface area is 173 Å². The maximum absolute atomic E-state index is 10.7. The van der Waals surface area contributed by atoms with Gasteiger partial charge in [0.1, 0.15) is 6.20 Å². The summed E-state index contributed by atoms with van der Waals surface area (Å²) in [6, 6.07) is 5.84. The largest absolute Gasteiger partial charge is 0.383 e. The first-order valence-corrected chi connectivity index (χ1v) is 9.80. The fourth-order valence-electron chi connectivity index (χ4n) is 2.42. The molecule has 1 heterocycles. The second kappa shape index (κ2) is 12.2. The molecule has 0 bridgehead atoms. The molecule has 2 rings (SSSR count). The fourth-order valence-corrected chi connectivity index (χ4v) is 2.98. The number of hydrogen-bond acceptors (Lipinski definition) is 10. The van der Waals surface area contributed by atoms with Gasteiger partial charge in [0.25, 0.3) is 0 Å². The second-order valence-corrected chi connectivity index (χ2v) is 6.98. The van der Waals surface area contributed by atoms with Gasteiger partial charge in [-0.3, -0.25) is 10.1 Å². The second-order valence-electron chi connectivity index (χ2n) is 5.99. The van der Waals surface area contributed by atoms with E-state index in [1.807, 2.05) is 25.1 Å². The van der Waals surface area contributed by atoms with Crippen molar-refractivity contribution in [3.05, 3.63) is 40.1 Å². The molecule has 0 amide bonds. The van der Waals surface area contributed by atoms with E-state index in [0.29, 0.717) is 32.1 Å². The molecule has 0 aliphatic heterocycles. The SMILES string of the molecule is COCCOCCN(CCOC)c1ccc(/N=N/c2ncc([N+](=O)[O-])s2)c(C)c1. The smallest absolute Gasteiger partial charge is 0.345 e. The molecular formula is C18H25N5O5S. The number of nitrogens with zero attached hydrogens (tertiary/aromatic N) is 5. The summed E-state index contributed by atoms with van der Waals surface area (Å²) in [4.78, 5) is 16.3. The summed E-state index contributed by atoms with van der Waals surface area (Å²) in [5.41, 5.74) is 2.63. The number of hydrogen-bond donors (Lipinski definition) is 0. The Hall–Kier alpha value is -2.47. The third-order valence-electron chi connectivity index (χ3n) is 3.95. The van der Waals surface area contributed by atoms with Crippen LogP contribution in [0.4, 0.5) is 21.5 Å². The van der Waals surface area contributed by atoms with Crippen LogP contribution in [0.3, 0.4) is 0 Å².